The van der Waals surface area contributed by atoms with E-state index in [1.165, 1.54) is 30.5 Å². The van der Waals surface area contributed by atoms with Gasteiger partial charge in [0.1, 0.15) is 5.75 Å². The molecule has 3 rings (SSSR count). The van der Waals surface area contributed by atoms with Crippen LogP contribution in [0.2, 0.25) is 0 Å². The number of carbonyl (C=O) groups excluding carboxylic acids is 2. The smallest absolute Gasteiger partial charge is 0.264 e. The lowest BCUT2D eigenvalue weighted by atomic mass is 9.96. The summed E-state index contributed by atoms with van der Waals surface area (Å²) in [7, 11) is -2.38. The predicted molar refractivity (Wildman–Crippen MR) is 123 cm³/mol. The Morgan fingerprint density at radius 2 is 1.78 bits per heavy atom. The topological polar surface area (TPSA) is 96.0 Å². The zero-order valence-corrected chi connectivity index (χ0v) is 19.4. The molecule has 0 aliphatic carbocycles. The van der Waals surface area contributed by atoms with Crippen molar-refractivity contribution in [1.29, 1.82) is 0 Å². The van der Waals surface area contributed by atoms with E-state index in [-0.39, 0.29) is 29.2 Å². The maximum absolute atomic E-state index is 13.3. The molecule has 2 aromatic rings. The number of methoxy groups -OCH3 is 1. The van der Waals surface area contributed by atoms with Crippen molar-refractivity contribution in [1.82, 2.24) is 4.90 Å². The zero-order chi connectivity index (χ0) is 23.3. The van der Waals surface area contributed by atoms with Crippen LogP contribution in [0.3, 0.4) is 0 Å². The number of ether oxygens (including phenoxy) is 1. The Morgan fingerprint density at radius 3 is 2.34 bits per heavy atom. The monoisotopic (exact) mass is 459 g/mol. The standard InChI is InChI=1S/C23H29N3O5S/c1-4-26(19-8-6-5-7-9-19)32(29,30)20-10-11-22(31-3)21(16-20)24-23(28)18-12-14-25(15-13-18)17(2)27/h5-11,16,18H,4,12-15H2,1-3H3,(H,24,28). The molecule has 0 bridgehead atoms. The van der Waals surface area contributed by atoms with Crippen molar-refractivity contribution in [3.8, 4) is 5.75 Å². The third-order valence-electron chi connectivity index (χ3n) is 5.66. The van der Waals surface area contributed by atoms with Gasteiger partial charge in [-0.1, -0.05) is 18.2 Å². The van der Waals surface area contributed by atoms with E-state index in [2.05, 4.69) is 5.32 Å². The number of nitrogens with one attached hydrogen (secondary N) is 1. The van der Waals surface area contributed by atoms with Crippen molar-refractivity contribution in [3.63, 3.8) is 0 Å². The lowest BCUT2D eigenvalue weighted by Gasteiger charge is -2.30. The highest BCUT2D eigenvalue weighted by Gasteiger charge is 2.28. The van der Waals surface area contributed by atoms with Gasteiger partial charge in [-0.2, -0.15) is 0 Å². The lowest BCUT2D eigenvalue weighted by molar-refractivity contribution is -0.132. The molecule has 1 N–H and O–H groups in total. The van der Waals surface area contributed by atoms with Gasteiger partial charge in [-0.15, -0.1) is 0 Å². The fraction of sp³-hybridized carbons (Fsp3) is 0.391. The molecule has 0 aromatic heterocycles. The molecule has 9 heteroatoms. The van der Waals surface area contributed by atoms with E-state index in [0.717, 1.165) is 0 Å². The number of anilines is 2. The third kappa shape index (κ3) is 5.04. The van der Waals surface area contributed by atoms with Crippen molar-refractivity contribution in [2.75, 3.05) is 36.4 Å². The van der Waals surface area contributed by atoms with Gasteiger partial charge in [0, 0.05) is 32.5 Å². The van der Waals surface area contributed by atoms with E-state index in [1.54, 1.807) is 42.2 Å². The summed E-state index contributed by atoms with van der Waals surface area (Å²) in [6.07, 6.45) is 1.12. The number of hydrogen-bond acceptors (Lipinski definition) is 5. The minimum atomic E-state index is -3.85. The molecule has 1 heterocycles. The van der Waals surface area contributed by atoms with Crippen molar-refractivity contribution in [2.45, 2.75) is 31.6 Å². The van der Waals surface area contributed by atoms with Crippen LogP contribution in [0.1, 0.15) is 26.7 Å². The number of nitrogens with zero attached hydrogens (tertiary/aromatic N) is 2. The maximum atomic E-state index is 13.3. The van der Waals surface area contributed by atoms with Crippen LogP contribution in [0.15, 0.2) is 53.4 Å². The first kappa shape index (κ1) is 23.6. The summed E-state index contributed by atoms with van der Waals surface area (Å²) in [5, 5.41) is 2.83. The van der Waals surface area contributed by atoms with Gasteiger partial charge in [-0.05, 0) is 50.1 Å². The average Bonchev–Trinajstić information content (AvgIpc) is 2.80. The number of hydrogen-bond donors (Lipinski definition) is 1. The fourth-order valence-corrected chi connectivity index (χ4v) is 5.35. The first-order chi connectivity index (χ1) is 15.3. The first-order valence-corrected chi connectivity index (χ1v) is 12.0. The molecule has 1 saturated heterocycles. The molecule has 8 nitrogen and oxygen atoms in total. The summed E-state index contributed by atoms with van der Waals surface area (Å²) in [5.74, 6) is -0.0907. The maximum Gasteiger partial charge on any atom is 0.264 e. The van der Waals surface area contributed by atoms with E-state index >= 15 is 0 Å². The number of piperidine rings is 1. The van der Waals surface area contributed by atoms with Crippen LogP contribution in [0.4, 0.5) is 11.4 Å². The van der Waals surface area contributed by atoms with E-state index < -0.39 is 10.0 Å². The van der Waals surface area contributed by atoms with Gasteiger partial charge >= 0.3 is 0 Å². The molecular weight excluding hydrogens is 430 g/mol. The average molecular weight is 460 g/mol. The summed E-state index contributed by atoms with van der Waals surface area (Å²) in [6.45, 7) is 4.61. The zero-order valence-electron chi connectivity index (χ0n) is 18.6. The van der Waals surface area contributed by atoms with Gasteiger partial charge in [0.2, 0.25) is 11.8 Å². The van der Waals surface area contributed by atoms with E-state index in [4.69, 9.17) is 4.74 Å². The Kier molecular flexibility index (Phi) is 7.40. The molecule has 0 radical (unpaired) electrons. The Bertz CT molecular complexity index is 1060. The SMILES string of the molecule is CCN(c1ccccc1)S(=O)(=O)c1ccc(OC)c(NC(=O)C2CCN(C(C)=O)CC2)c1. The molecule has 0 saturated carbocycles. The Balaban J connectivity index is 1.84. The molecule has 0 unspecified atom stereocenters. The minimum Gasteiger partial charge on any atom is -0.495 e. The summed E-state index contributed by atoms with van der Waals surface area (Å²) in [5.41, 5.74) is 0.866. The molecule has 0 atom stereocenters. The second kappa shape index (κ2) is 10.0. The van der Waals surface area contributed by atoms with E-state index in [9.17, 15) is 18.0 Å². The molecule has 0 spiro atoms. The van der Waals surface area contributed by atoms with Crippen LogP contribution in [-0.4, -0.2) is 51.9 Å². The molecule has 1 fully saturated rings. The van der Waals surface area contributed by atoms with Crippen molar-refractivity contribution in [2.24, 2.45) is 5.92 Å². The highest BCUT2D eigenvalue weighted by atomic mass is 32.2. The number of rotatable bonds is 7. The van der Waals surface area contributed by atoms with Crippen LogP contribution < -0.4 is 14.4 Å². The number of para-hydroxylation sites is 1. The fourth-order valence-electron chi connectivity index (χ4n) is 3.85. The van der Waals surface area contributed by atoms with Gasteiger partial charge in [-0.25, -0.2) is 8.42 Å². The second-order valence-electron chi connectivity index (χ2n) is 7.64. The number of benzene rings is 2. The number of amides is 2. The van der Waals surface area contributed by atoms with Crippen LogP contribution in [0.25, 0.3) is 0 Å². The largest absolute Gasteiger partial charge is 0.495 e. The van der Waals surface area contributed by atoms with Gasteiger partial charge in [0.25, 0.3) is 10.0 Å². The van der Waals surface area contributed by atoms with Gasteiger partial charge in [0.05, 0.1) is 23.4 Å². The Hall–Kier alpha value is -3.07. The Labute approximate surface area is 189 Å². The highest BCUT2D eigenvalue weighted by Crippen LogP contribution is 2.31. The van der Waals surface area contributed by atoms with Gasteiger partial charge in [0.15, 0.2) is 0 Å². The van der Waals surface area contributed by atoms with Gasteiger partial charge in [-0.3, -0.25) is 13.9 Å². The summed E-state index contributed by atoms with van der Waals surface area (Å²) >= 11 is 0. The van der Waals surface area contributed by atoms with Crippen molar-refractivity contribution < 1.29 is 22.7 Å². The van der Waals surface area contributed by atoms with Crippen molar-refractivity contribution >= 4 is 33.2 Å². The summed E-state index contributed by atoms with van der Waals surface area (Å²) in [4.78, 5) is 26.1. The normalized spacial score (nSPS) is 14.7. The molecule has 2 aromatic carbocycles. The number of likely N-dealkylation sites (tertiary alicyclic amines) is 1. The quantitative estimate of drug-likeness (QED) is 0.686. The first-order valence-electron chi connectivity index (χ1n) is 10.6. The van der Waals surface area contributed by atoms with E-state index in [1.807, 2.05) is 6.07 Å². The Morgan fingerprint density at radius 1 is 1.12 bits per heavy atom. The second-order valence-corrected chi connectivity index (χ2v) is 9.50. The molecule has 1 aliphatic heterocycles. The van der Waals surface area contributed by atoms with E-state index in [0.29, 0.717) is 43.1 Å². The van der Waals surface area contributed by atoms with Crippen LogP contribution in [0, 0.1) is 5.92 Å². The van der Waals surface area contributed by atoms with Gasteiger partial charge < -0.3 is 15.0 Å². The summed E-state index contributed by atoms with van der Waals surface area (Å²) < 4.78 is 33.3. The summed E-state index contributed by atoms with van der Waals surface area (Å²) in [6, 6.07) is 13.3. The highest BCUT2D eigenvalue weighted by molar-refractivity contribution is 7.92. The van der Waals surface area contributed by atoms with Crippen LogP contribution in [-0.2, 0) is 19.6 Å². The lowest BCUT2D eigenvalue weighted by Crippen LogP contribution is -2.40. The van der Waals surface area contributed by atoms with Crippen LogP contribution in [0.5, 0.6) is 5.75 Å². The molecule has 32 heavy (non-hydrogen) atoms. The molecule has 2 amide bonds. The number of carbonyl (C=O) groups is 2. The molecular formula is C23H29N3O5S. The van der Waals surface area contributed by atoms with Crippen molar-refractivity contribution in [3.05, 3.63) is 48.5 Å². The third-order valence-corrected chi connectivity index (χ3v) is 7.56. The molecule has 1 aliphatic rings. The van der Waals surface area contributed by atoms with Crippen LogP contribution >= 0.6 is 0 Å². The minimum absolute atomic E-state index is 0.00216. The molecule has 172 valence electrons. The predicted octanol–water partition coefficient (Wildman–Crippen LogP) is 3.11. The number of sulfonamides is 1.